The average Bonchev–Trinajstić information content (AvgIpc) is 2.64. The second-order valence-electron chi connectivity index (χ2n) is 6.78. The van der Waals surface area contributed by atoms with Crippen LogP contribution in [0.5, 0.6) is 0 Å². The minimum absolute atomic E-state index is 0.0295. The Hall–Kier alpha value is -1.79. The van der Waals surface area contributed by atoms with Crippen LogP contribution in [-0.2, 0) is 16.1 Å². The molecule has 0 radical (unpaired) electrons. The van der Waals surface area contributed by atoms with Crippen molar-refractivity contribution in [2.24, 2.45) is 4.99 Å². The summed E-state index contributed by atoms with van der Waals surface area (Å²) in [6.45, 7) is 2.30. The SMILES string of the molecule is CN(C)C(=O)CN=C(NCC1CCCCO1)N(C)Cc1ccc(Cl)cc1. The molecule has 0 aromatic heterocycles. The Kier molecular flexibility index (Phi) is 8.19. The van der Waals surface area contributed by atoms with Crippen molar-refractivity contribution in [2.45, 2.75) is 31.9 Å². The van der Waals surface area contributed by atoms with E-state index in [9.17, 15) is 4.79 Å². The third-order valence-electron chi connectivity index (χ3n) is 4.32. The molecule has 6 nitrogen and oxygen atoms in total. The summed E-state index contributed by atoms with van der Waals surface area (Å²) in [5.74, 6) is 0.669. The normalized spacial score (nSPS) is 17.7. The first-order valence-corrected chi connectivity index (χ1v) is 9.39. The van der Waals surface area contributed by atoms with Crippen LogP contribution < -0.4 is 5.32 Å². The highest BCUT2D eigenvalue weighted by molar-refractivity contribution is 6.30. The third kappa shape index (κ3) is 6.84. The van der Waals surface area contributed by atoms with E-state index in [1.54, 1.807) is 19.0 Å². The smallest absolute Gasteiger partial charge is 0.243 e. The third-order valence-corrected chi connectivity index (χ3v) is 4.57. The molecule has 1 heterocycles. The van der Waals surface area contributed by atoms with Crippen LogP contribution in [0.4, 0.5) is 0 Å². The van der Waals surface area contributed by atoms with Crippen molar-refractivity contribution in [1.29, 1.82) is 0 Å². The molecule has 1 aliphatic rings. The molecule has 0 aliphatic carbocycles. The second kappa shape index (κ2) is 10.4. The molecule has 1 aromatic carbocycles. The highest BCUT2D eigenvalue weighted by Gasteiger charge is 2.16. The van der Waals surface area contributed by atoms with Crippen LogP contribution in [-0.4, -0.2) is 68.6 Å². The topological polar surface area (TPSA) is 57.2 Å². The van der Waals surface area contributed by atoms with Gasteiger partial charge in [-0.3, -0.25) is 4.79 Å². The van der Waals surface area contributed by atoms with E-state index in [1.165, 1.54) is 6.42 Å². The average molecular weight is 381 g/mol. The van der Waals surface area contributed by atoms with Gasteiger partial charge in [-0.05, 0) is 37.0 Å². The summed E-state index contributed by atoms with van der Waals surface area (Å²) in [7, 11) is 5.43. The number of ether oxygens (including phenoxy) is 1. The molecule has 1 aliphatic heterocycles. The zero-order valence-electron chi connectivity index (χ0n) is 15.9. The number of aliphatic imine (C=N–C) groups is 1. The maximum atomic E-state index is 11.9. The molecule has 26 heavy (non-hydrogen) atoms. The summed E-state index contributed by atoms with van der Waals surface area (Å²) in [5, 5.41) is 4.09. The van der Waals surface area contributed by atoms with E-state index in [0.717, 1.165) is 30.0 Å². The molecule has 0 saturated carbocycles. The van der Waals surface area contributed by atoms with Gasteiger partial charge in [0.2, 0.25) is 5.91 Å². The first-order valence-electron chi connectivity index (χ1n) is 9.01. The van der Waals surface area contributed by atoms with Gasteiger partial charge in [0.25, 0.3) is 0 Å². The van der Waals surface area contributed by atoms with Crippen molar-refractivity contribution in [3.63, 3.8) is 0 Å². The Labute approximate surface area is 161 Å². The highest BCUT2D eigenvalue weighted by Crippen LogP contribution is 2.13. The first kappa shape index (κ1) is 20.5. The van der Waals surface area contributed by atoms with E-state index in [4.69, 9.17) is 16.3 Å². The lowest BCUT2D eigenvalue weighted by Crippen LogP contribution is -2.43. The molecule has 1 amide bonds. The molecule has 0 spiro atoms. The number of likely N-dealkylation sites (N-methyl/N-ethyl adjacent to an activating group) is 1. The predicted octanol–water partition coefficient (Wildman–Crippen LogP) is 2.37. The molecular weight excluding hydrogens is 352 g/mol. The van der Waals surface area contributed by atoms with E-state index in [2.05, 4.69) is 10.3 Å². The molecule has 1 saturated heterocycles. The van der Waals surface area contributed by atoms with Crippen LogP contribution in [0.15, 0.2) is 29.3 Å². The minimum atomic E-state index is -0.0295. The Morgan fingerprint density at radius 3 is 2.62 bits per heavy atom. The number of nitrogens with one attached hydrogen (secondary N) is 1. The lowest BCUT2D eigenvalue weighted by Gasteiger charge is -2.27. The van der Waals surface area contributed by atoms with Gasteiger partial charge in [-0.1, -0.05) is 23.7 Å². The summed E-state index contributed by atoms with van der Waals surface area (Å²) in [5.41, 5.74) is 1.12. The quantitative estimate of drug-likeness (QED) is 0.608. The first-order chi connectivity index (χ1) is 12.5. The molecular formula is C19H29ClN4O2. The fourth-order valence-electron chi connectivity index (χ4n) is 2.71. The van der Waals surface area contributed by atoms with Gasteiger partial charge in [-0.25, -0.2) is 4.99 Å². The number of benzene rings is 1. The fraction of sp³-hybridized carbons (Fsp3) is 0.579. The van der Waals surface area contributed by atoms with Crippen LogP contribution in [0.1, 0.15) is 24.8 Å². The van der Waals surface area contributed by atoms with Gasteiger partial charge in [-0.15, -0.1) is 0 Å². The van der Waals surface area contributed by atoms with Crippen LogP contribution >= 0.6 is 11.6 Å². The van der Waals surface area contributed by atoms with Gasteiger partial charge in [0, 0.05) is 45.9 Å². The molecule has 7 heteroatoms. The monoisotopic (exact) mass is 380 g/mol. The van der Waals surface area contributed by atoms with Crippen molar-refractivity contribution in [3.05, 3.63) is 34.9 Å². The molecule has 144 valence electrons. The standard InChI is InChI=1S/C19H29ClN4O2/c1-23(2)18(25)13-22-19(21-12-17-6-4-5-11-26-17)24(3)14-15-7-9-16(20)10-8-15/h7-10,17H,4-6,11-14H2,1-3H3,(H,21,22). The van der Waals surface area contributed by atoms with E-state index in [1.807, 2.05) is 36.2 Å². The molecule has 1 aromatic rings. The van der Waals surface area contributed by atoms with E-state index >= 15 is 0 Å². The maximum absolute atomic E-state index is 11.9. The van der Waals surface area contributed by atoms with Crippen LogP contribution in [0.25, 0.3) is 0 Å². The Bertz CT molecular complexity index is 598. The highest BCUT2D eigenvalue weighted by atomic mass is 35.5. The van der Waals surface area contributed by atoms with Gasteiger partial charge in [0.15, 0.2) is 5.96 Å². The summed E-state index contributed by atoms with van der Waals surface area (Å²) in [4.78, 5) is 20.0. The van der Waals surface area contributed by atoms with Gasteiger partial charge < -0.3 is 19.9 Å². The number of amides is 1. The summed E-state index contributed by atoms with van der Waals surface area (Å²) in [6, 6.07) is 7.73. The zero-order valence-corrected chi connectivity index (χ0v) is 16.6. The molecule has 1 N–H and O–H groups in total. The molecule has 2 rings (SSSR count). The number of guanidine groups is 1. The minimum Gasteiger partial charge on any atom is -0.376 e. The van der Waals surface area contributed by atoms with Gasteiger partial charge in [0.1, 0.15) is 6.54 Å². The Morgan fingerprint density at radius 2 is 2.00 bits per heavy atom. The van der Waals surface area contributed by atoms with E-state index < -0.39 is 0 Å². The molecule has 0 bridgehead atoms. The molecule has 1 atom stereocenters. The lowest BCUT2D eigenvalue weighted by atomic mass is 10.1. The van der Waals surface area contributed by atoms with Gasteiger partial charge >= 0.3 is 0 Å². The number of halogens is 1. The van der Waals surface area contributed by atoms with E-state index in [-0.39, 0.29) is 18.6 Å². The summed E-state index contributed by atoms with van der Waals surface area (Å²) < 4.78 is 5.78. The van der Waals surface area contributed by atoms with Gasteiger partial charge in [-0.2, -0.15) is 0 Å². The lowest BCUT2D eigenvalue weighted by molar-refractivity contribution is -0.127. The Balaban J connectivity index is 2.00. The van der Waals surface area contributed by atoms with Crippen molar-refractivity contribution in [3.8, 4) is 0 Å². The number of hydrogen-bond donors (Lipinski definition) is 1. The maximum Gasteiger partial charge on any atom is 0.243 e. The van der Waals surface area contributed by atoms with Crippen molar-refractivity contribution < 1.29 is 9.53 Å². The Morgan fingerprint density at radius 1 is 1.27 bits per heavy atom. The molecule has 1 unspecified atom stereocenters. The van der Waals surface area contributed by atoms with Gasteiger partial charge in [0.05, 0.1) is 6.10 Å². The van der Waals surface area contributed by atoms with Crippen molar-refractivity contribution >= 4 is 23.5 Å². The number of carbonyl (C=O) groups excluding carboxylic acids is 1. The zero-order chi connectivity index (χ0) is 18.9. The predicted molar refractivity (Wildman–Crippen MR) is 106 cm³/mol. The fourth-order valence-corrected chi connectivity index (χ4v) is 2.83. The summed E-state index contributed by atoms with van der Waals surface area (Å²) in [6.07, 6.45) is 3.57. The van der Waals surface area contributed by atoms with Crippen molar-refractivity contribution in [2.75, 3.05) is 40.8 Å². The van der Waals surface area contributed by atoms with Crippen LogP contribution in [0.2, 0.25) is 5.02 Å². The second-order valence-corrected chi connectivity index (χ2v) is 7.22. The van der Waals surface area contributed by atoms with Crippen LogP contribution in [0.3, 0.4) is 0 Å². The summed E-state index contributed by atoms with van der Waals surface area (Å²) >= 11 is 5.95. The number of nitrogens with zero attached hydrogens (tertiary/aromatic N) is 3. The van der Waals surface area contributed by atoms with Crippen molar-refractivity contribution in [1.82, 2.24) is 15.1 Å². The van der Waals surface area contributed by atoms with E-state index in [0.29, 0.717) is 19.0 Å². The van der Waals surface area contributed by atoms with Crippen LogP contribution in [0, 0.1) is 0 Å². The largest absolute Gasteiger partial charge is 0.376 e. The number of carbonyl (C=O) groups is 1. The number of rotatable bonds is 6. The molecule has 1 fully saturated rings. The number of hydrogen-bond acceptors (Lipinski definition) is 3.